The molecule has 0 aliphatic carbocycles. The smallest absolute Gasteiger partial charge is 0.129 e. The van der Waals surface area contributed by atoms with E-state index in [1.165, 1.54) is 24.3 Å². The highest BCUT2D eigenvalue weighted by Crippen LogP contribution is 2.28. The Kier molecular flexibility index (Phi) is 3.64. The zero-order valence-corrected chi connectivity index (χ0v) is 10.4. The van der Waals surface area contributed by atoms with Crippen molar-refractivity contribution in [3.8, 4) is 0 Å². The first-order valence-electron chi connectivity index (χ1n) is 5.38. The topological polar surface area (TPSA) is 20.2 Å². The van der Waals surface area contributed by atoms with E-state index in [0.717, 1.165) is 11.6 Å². The Morgan fingerprint density at radius 3 is 2.22 bits per heavy atom. The van der Waals surface area contributed by atoms with E-state index >= 15 is 0 Å². The van der Waals surface area contributed by atoms with Crippen molar-refractivity contribution < 1.29 is 13.9 Å². The highest BCUT2D eigenvalue weighted by Gasteiger charge is 2.19. The summed E-state index contributed by atoms with van der Waals surface area (Å²) in [4.78, 5) is 0. The molecule has 0 saturated heterocycles. The zero-order valence-electron chi connectivity index (χ0n) is 9.62. The van der Waals surface area contributed by atoms with Crippen LogP contribution in [0.5, 0.6) is 0 Å². The van der Waals surface area contributed by atoms with Crippen LogP contribution in [0.25, 0.3) is 0 Å². The van der Waals surface area contributed by atoms with E-state index in [0.29, 0.717) is 5.02 Å². The van der Waals surface area contributed by atoms with E-state index in [4.69, 9.17) is 11.6 Å². The van der Waals surface area contributed by atoms with Gasteiger partial charge in [-0.05, 0) is 31.2 Å². The molecule has 1 atom stereocenters. The van der Waals surface area contributed by atoms with Gasteiger partial charge in [0.05, 0.1) is 0 Å². The number of aliphatic hydroxyl groups excluding tert-OH is 1. The monoisotopic (exact) mass is 268 g/mol. The van der Waals surface area contributed by atoms with E-state index in [1.54, 1.807) is 13.0 Å². The lowest BCUT2D eigenvalue weighted by Crippen LogP contribution is -2.05. The summed E-state index contributed by atoms with van der Waals surface area (Å²) in [5, 5.41) is 10.4. The third-order valence-corrected chi connectivity index (χ3v) is 2.93. The second kappa shape index (κ2) is 5.04. The quantitative estimate of drug-likeness (QED) is 0.873. The molecule has 0 aliphatic heterocycles. The van der Waals surface area contributed by atoms with Gasteiger partial charge in [0.25, 0.3) is 0 Å². The molecule has 0 aromatic heterocycles. The van der Waals surface area contributed by atoms with Crippen LogP contribution >= 0.6 is 11.6 Å². The third-order valence-electron chi connectivity index (χ3n) is 2.70. The molecule has 0 aliphatic rings. The molecule has 0 saturated carbocycles. The zero-order chi connectivity index (χ0) is 13.3. The second-order valence-electron chi connectivity index (χ2n) is 4.09. The van der Waals surface area contributed by atoms with E-state index in [2.05, 4.69) is 0 Å². The molecule has 0 radical (unpaired) electrons. The van der Waals surface area contributed by atoms with Crippen LogP contribution < -0.4 is 0 Å². The molecule has 0 spiro atoms. The summed E-state index contributed by atoms with van der Waals surface area (Å²) in [6.45, 7) is 1.77. The molecule has 2 aromatic rings. The fourth-order valence-electron chi connectivity index (χ4n) is 1.76. The summed E-state index contributed by atoms with van der Waals surface area (Å²) in [7, 11) is 0. The van der Waals surface area contributed by atoms with Crippen molar-refractivity contribution in [2.24, 2.45) is 0 Å². The predicted molar refractivity (Wildman–Crippen MR) is 66.6 cm³/mol. The number of aryl methyl sites for hydroxylation is 1. The molecular weight excluding hydrogens is 258 g/mol. The summed E-state index contributed by atoms with van der Waals surface area (Å²) >= 11 is 5.75. The average molecular weight is 269 g/mol. The standard InChI is InChI=1S/C14H11ClF2O/c1-8-2-4-12(16)10(6-8)14(18)11-7-9(15)3-5-13(11)17/h2-7,14,18H,1H3. The van der Waals surface area contributed by atoms with Crippen molar-refractivity contribution in [1.29, 1.82) is 0 Å². The molecule has 2 aromatic carbocycles. The summed E-state index contributed by atoms with van der Waals surface area (Å²) in [6.07, 6.45) is -1.37. The van der Waals surface area contributed by atoms with Crippen LogP contribution in [0, 0.1) is 18.6 Å². The van der Waals surface area contributed by atoms with Crippen LogP contribution in [0.1, 0.15) is 22.8 Å². The first kappa shape index (κ1) is 13.0. The molecule has 0 fully saturated rings. The van der Waals surface area contributed by atoms with Gasteiger partial charge in [0.2, 0.25) is 0 Å². The SMILES string of the molecule is Cc1ccc(F)c(C(O)c2cc(Cl)ccc2F)c1. The van der Waals surface area contributed by atoms with Crippen LogP contribution in [0.3, 0.4) is 0 Å². The van der Waals surface area contributed by atoms with Crippen LogP contribution in [-0.4, -0.2) is 5.11 Å². The van der Waals surface area contributed by atoms with Gasteiger partial charge < -0.3 is 5.11 Å². The largest absolute Gasteiger partial charge is 0.383 e. The average Bonchev–Trinajstić information content (AvgIpc) is 2.34. The Hall–Kier alpha value is -1.45. The number of hydrogen-bond donors (Lipinski definition) is 1. The third kappa shape index (κ3) is 2.52. The molecule has 0 heterocycles. The van der Waals surface area contributed by atoms with Crippen LogP contribution in [0.15, 0.2) is 36.4 Å². The van der Waals surface area contributed by atoms with E-state index in [-0.39, 0.29) is 11.1 Å². The van der Waals surface area contributed by atoms with Gasteiger partial charge in [0, 0.05) is 16.1 Å². The Morgan fingerprint density at radius 1 is 1.00 bits per heavy atom. The molecule has 2 rings (SSSR count). The minimum atomic E-state index is -1.37. The fraction of sp³-hybridized carbons (Fsp3) is 0.143. The van der Waals surface area contributed by atoms with E-state index < -0.39 is 17.7 Å². The number of halogens is 3. The van der Waals surface area contributed by atoms with Gasteiger partial charge in [-0.25, -0.2) is 8.78 Å². The Labute approximate surface area is 109 Å². The van der Waals surface area contributed by atoms with Gasteiger partial charge >= 0.3 is 0 Å². The highest BCUT2D eigenvalue weighted by atomic mass is 35.5. The first-order valence-corrected chi connectivity index (χ1v) is 5.76. The number of rotatable bonds is 2. The number of benzene rings is 2. The summed E-state index contributed by atoms with van der Waals surface area (Å²) in [6, 6.07) is 8.13. The number of aliphatic hydroxyl groups is 1. The predicted octanol–water partition coefficient (Wildman–Crippen LogP) is 4.01. The van der Waals surface area contributed by atoms with Crippen molar-refractivity contribution in [2.45, 2.75) is 13.0 Å². The van der Waals surface area contributed by atoms with Crippen molar-refractivity contribution in [3.63, 3.8) is 0 Å². The minimum Gasteiger partial charge on any atom is -0.383 e. The summed E-state index contributed by atoms with van der Waals surface area (Å²) in [5.74, 6) is -1.19. The van der Waals surface area contributed by atoms with Gasteiger partial charge in [-0.1, -0.05) is 29.3 Å². The van der Waals surface area contributed by atoms with Crippen molar-refractivity contribution in [2.75, 3.05) is 0 Å². The van der Waals surface area contributed by atoms with Gasteiger partial charge in [-0.2, -0.15) is 0 Å². The molecule has 4 heteroatoms. The van der Waals surface area contributed by atoms with Crippen LogP contribution in [0.2, 0.25) is 5.02 Å². The first-order chi connectivity index (χ1) is 8.49. The molecular formula is C14H11ClF2O. The Bertz CT molecular complexity index is 533. The minimum absolute atomic E-state index is 0.0352. The lowest BCUT2D eigenvalue weighted by atomic mass is 9.99. The van der Waals surface area contributed by atoms with Crippen molar-refractivity contribution in [1.82, 2.24) is 0 Å². The summed E-state index contributed by atoms with van der Waals surface area (Å²) < 4.78 is 27.2. The van der Waals surface area contributed by atoms with Gasteiger partial charge in [-0.3, -0.25) is 0 Å². The maximum atomic E-state index is 13.6. The molecule has 1 nitrogen and oxygen atoms in total. The molecule has 18 heavy (non-hydrogen) atoms. The maximum absolute atomic E-state index is 13.6. The van der Waals surface area contributed by atoms with Crippen molar-refractivity contribution in [3.05, 3.63) is 69.7 Å². The normalized spacial score (nSPS) is 12.5. The van der Waals surface area contributed by atoms with E-state index in [1.807, 2.05) is 0 Å². The van der Waals surface area contributed by atoms with Crippen molar-refractivity contribution >= 4 is 11.6 Å². The molecule has 94 valence electrons. The van der Waals surface area contributed by atoms with Crippen LogP contribution in [0.4, 0.5) is 8.78 Å². The molecule has 1 N–H and O–H groups in total. The summed E-state index contributed by atoms with van der Waals surface area (Å²) in [5.41, 5.74) is 0.788. The molecule has 0 amide bonds. The lowest BCUT2D eigenvalue weighted by molar-refractivity contribution is 0.209. The van der Waals surface area contributed by atoms with Gasteiger partial charge in [0.15, 0.2) is 0 Å². The second-order valence-corrected chi connectivity index (χ2v) is 4.53. The van der Waals surface area contributed by atoms with Gasteiger partial charge in [-0.15, -0.1) is 0 Å². The van der Waals surface area contributed by atoms with E-state index in [9.17, 15) is 13.9 Å². The molecule has 0 bridgehead atoms. The number of hydrogen-bond acceptors (Lipinski definition) is 1. The van der Waals surface area contributed by atoms with Gasteiger partial charge in [0.1, 0.15) is 17.7 Å². The fourth-order valence-corrected chi connectivity index (χ4v) is 1.94. The Morgan fingerprint density at radius 2 is 1.56 bits per heavy atom. The molecule has 1 unspecified atom stereocenters. The highest BCUT2D eigenvalue weighted by molar-refractivity contribution is 6.30. The lowest BCUT2D eigenvalue weighted by Gasteiger charge is -2.14. The Balaban J connectivity index is 2.50. The van der Waals surface area contributed by atoms with Crippen LogP contribution in [-0.2, 0) is 0 Å². The maximum Gasteiger partial charge on any atom is 0.129 e.